The number of ether oxygens (including phenoxy) is 1. The molecule has 148 valence electrons. The van der Waals surface area contributed by atoms with Gasteiger partial charge in [0.25, 0.3) is 0 Å². The van der Waals surface area contributed by atoms with Crippen LogP contribution in [0.4, 0.5) is 5.69 Å². The highest BCUT2D eigenvalue weighted by atomic mass is 35.5. The van der Waals surface area contributed by atoms with Gasteiger partial charge in [-0.15, -0.1) is 0 Å². The summed E-state index contributed by atoms with van der Waals surface area (Å²) < 4.78 is 10.5. The number of nitrogens with zero attached hydrogens (tertiary/aromatic N) is 4. The van der Waals surface area contributed by atoms with E-state index < -0.39 is 11.8 Å². The third kappa shape index (κ3) is 3.79. The van der Waals surface area contributed by atoms with Crippen LogP contribution in [0.5, 0.6) is 5.75 Å². The molecule has 9 heteroatoms. The van der Waals surface area contributed by atoms with Crippen LogP contribution in [0.3, 0.4) is 0 Å². The fourth-order valence-corrected chi connectivity index (χ4v) is 3.23. The van der Waals surface area contributed by atoms with E-state index in [9.17, 15) is 9.59 Å². The minimum absolute atomic E-state index is 0.0604. The number of hydrogen-bond donors (Lipinski definition) is 0. The van der Waals surface area contributed by atoms with E-state index in [4.69, 9.17) is 20.9 Å². The number of aromatic nitrogens is 2. The zero-order valence-electron chi connectivity index (χ0n) is 15.5. The molecule has 0 bridgehead atoms. The van der Waals surface area contributed by atoms with Crippen LogP contribution < -0.4 is 9.64 Å². The van der Waals surface area contributed by atoms with E-state index in [1.54, 1.807) is 48.5 Å². The van der Waals surface area contributed by atoms with Gasteiger partial charge in [-0.2, -0.15) is 4.98 Å². The van der Waals surface area contributed by atoms with Crippen molar-refractivity contribution in [3.05, 3.63) is 59.4 Å². The Labute approximate surface area is 171 Å². The van der Waals surface area contributed by atoms with Crippen LogP contribution in [0, 0.1) is 0 Å². The minimum Gasteiger partial charge on any atom is -0.495 e. The molecule has 3 aromatic rings. The molecule has 0 aliphatic carbocycles. The largest absolute Gasteiger partial charge is 0.495 e. The van der Waals surface area contributed by atoms with Crippen molar-refractivity contribution in [1.82, 2.24) is 15.0 Å². The van der Waals surface area contributed by atoms with Crippen LogP contribution in [0.2, 0.25) is 5.02 Å². The molecule has 8 nitrogen and oxygen atoms in total. The van der Waals surface area contributed by atoms with Gasteiger partial charge in [0.15, 0.2) is 0 Å². The van der Waals surface area contributed by atoms with E-state index in [0.29, 0.717) is 35.4 Å². The number of piperazine rings is 1. The Hall–Kier alpha value is -3.39. The Morgan fingerprint density at radius 3 is 2.59 bits per heavy atom. The lowest BCUT2D eigenvalue weighted by molar-refractivity contribution is -0.146. The Morgan fingerprint density at radius 1 is 1.07 bits per heavy atom. The van der Waals surface area contributed by atoms with Crippen LogP contribution in [0.15, 0.2) is 53.1 Å². The van der Waals surface area contributed by atoms with E-state index >= 15 is 0 Å². The van der Waals surface area contributed by atoms with Crippen molar-refractivity contribution in [3.63, 3.8) is 0 Å². The van der Waals surface area contributed by atoms with Crippen molar-refractivity contribution in [2.45, 2.75) is 6.54 Å². The number of carbonyl (C=O) groups excluding carboxylic acids is 2. The summed E-state index contributed by atoms with van der Waals surface area (Å²) in [5.74, 6) is -0.0804. The first-order chi connectivity index (χ1) is 14.1. The minimum atomic E-state index is -0.631. The number of para-hydroxylation sites is 2. The van der Waals surface area contributed by atoms with Gasteiger partial charge < -0.3 is 14.2 Å². The van der Waals surface area contributed by atoms with Crippen molar-refractivity contribution in [3.8, 4) is 17.1 Å². The molecule has 0 spiro atoms. The Bertz CT molecular complexity index is 1050. The number of amides is 2. The smallest absolute Gasteiger partial charge is 0.316 e. The van der Waals surface area contributed by atoms with Gasteiger partial charge in [0, 0.05) is 23.7 Å². The average Bonchev–Trinajstić information content (AvgIpc) is 3.21. The van der Waals surface area contributed by atoms with E-state index in [1.165, 1.54) is 16.9 Å². The van der Waals surface area contributed by atoms with Gasteiger partial charge in [-0.05, 0) is 36.4 Å². The van der Waals surface area contributed by atoms with E-state index in [2.05, 4.69) is 10.1 Å². The van der Waals surface area contributed by atoms with Gasteiger partial charge in [-0.3, -0.25) is 14.5 Å². The lowest BCUT2D eigenvalue weighted by Crippen LogP contribution is -2.54. The van der Waals surface area contributed by atoms with Gasteiger partial charge in [-0.25, -0.2) is 0 Å². The molecular formula is C20H17ClN4O4. The Morgan fingerprint density at radius 2 is 1.83 bits per heavy atom. The van der Waals surface area contributed by atoms with E-state index in [-0.39, 0.29) is 12.4 Å². The molecule has 1 aliphatic heterocycles. The van der Waals surface area contributed by atoms with Crippen molar-refractivity contribution in [2.75, 3.05) is 25.1 Å². The molecule has 1 saturated heterocycles. The highest BCUT2D eigenvalue weighted by molar-refractivity contribution is 6.41. The maximum absolute atomic E-state index is 12.7. The lowest BCUT2D eigenvalue weighted by Gasteiger charge is -2.33. The second-order valence-corrected chi connectivity index (χ2v) is 6.81. The molecule has 2 amide bonds. The number of carbonyl (C=O) groups is 2. The summed E-state index contributed by atoms with van der Waals surface area (Å²) >= 11 is 5.89. The fourth-order valence-electron chi connectivity index (χ4n) is 3.11. The zero-order valence-corrected chi connectivity index (χ0v) is 16.3. The summed E-state index contributed by atoms with van der Waals surface area (Å²) in [4.78, 5) is 32.4. The fraction of sp³-hybridized carbons (Fsp3) is 0.200. The monoisotopic (exact) mass is 412 g/mol. The van der Waals surface area contributed by atoms with Crippen LogP contribution in [-0.4, -0.2) is 47.1 Å². The van der Waals surface area contributed by atoms with Crippen molar-refractivity contribution >= 4 is 29.1 Å². The number of halogens is 1. The summed E-state index contributed by atoms with van der Waals surface area (Å²) in [7, 11) is 1.52. The number of methoxy groups -OCH3 is 1. The molecular weight excluding hydrogens is 396 g/mol. The Kier molecular flexibility index (Phi) is 5.18. The predicted molar refractivity (Wildman–Crippen MR) is 106 cm³/mol. The molecule has 0 atom stereocenters. The van der Waals surface area contributed by atoms with Gasteiger partial charge in [0.05, 0.1) is 12.8 Å². The first-order valence-electron chi connectivity index (χ1n) is 8.89. The molecule has 1 aliphatic rings. The first-order valence-corrected chi connectivity index (χ1v) is 9.27. The highest BCUT2D eigenvalue weighted by Gasteiger charge is 2.35. The van der Waals surface area contributed by atoms with Crippen LogP contribution >= 0.6 is 11.6 Å². The number of anilines is 1. The maximum atomic E-state index is 12.7. The zero-order chi connectivity index (χ0) is 20.4. The predicted octanol–water partition coefficient (Wildman–Crippen LogP) is 2.77. The normalized spacial score (nSPS) is 14.4. The third-order valence-electron chi connectivity index (χ3n) is 4.58. The quantitative estimate of drug-likeness (QED) is 0.599. The molecule has 2 aromatic carbocycles. The summed E-state index contributed by atoms with van der Waals surface area (Å²) in [6, 6.07) is 14.1. The summed E-state index contributed by atoms with van der Waals surface area (Å²) in [5, 5.41) is 4.54. The van der Waals surface area contributed by atoms with Crippen LogP contribution in [0.25, 0.3) is 11.4 Å². The maximum Gasteiger partial charge on any atom is 0.316 e. The molecule has 4 rings (SSSR count). The molecule has 0 radical (unpaired) electrons. The number of benzene rings is 2. The SMILES string of the molecule is COc1ccccc1N1CCN(Cc2nc(-c3ccc(Cl)cc3)no2)C(=O)C1=O. The summed E-state index contributed by atoms with van der Waals surface area (Å²) in [5.41, 5.74) is 1.31. The Balaban J connectivity index is 1.47. The second-order valence-electron chi connectivity index (χ2n) is 6.37. The van der Waals surface area contributed by atoms with E-state index in [0.717, 1.165) is 5.56 Å². The highest BCUT2D eigenvalue weighted by Crippen LogP contribution is 2.29. The molecule has 1 fully saturated rings. The van der Waals surface area contributed by atoms with Gasteiger partial charge in [0.1, 0.15) is 12.3 Å². The average molecular weight is 413 g/mol. The lowest BCUT2D eigenvalue weighted by atomic mass is 10.2. The molecule has 1 aromatic heterocycles. The van der Waals surface area contributed by atoms with Crippen molar-refractivity contribution < 1.29 is 18.8 Å². The van der Waals surface area contributed by atoms with Crippen LogP contribution in [-0.2, 0) is 16.1 Å². The topological polar surface area (TPSA) is 88.8 Å². The second kappa shape index (κ2) is 7.92. The molecule has 2 heterocycles. The first kappa shape index (κ1) is 18.9. The van der Waals surface area contributed by atoms with Crippen molar-refractivity contribution in [1.29, 1.82) is 0 Å². The summed E-state index contributed by atoms with van der Waals surface area (Å²) in [6.45, 7) is 0.731. The van der Waals surface area contributed by atoms with Gasteiger partial charge >= 0.3 is 11.8 Å². The van der Waals surface area contributed by atoms with Gasteiger partial charge in [0.2, 0.25) is 11.7 Å². The molecule has 0 unspecified atom stereocenters. The number of rotatable bonds is 5. The molecule has 0 N–H and O–H groups in total. The third-order valence-corrected chi connectivity index (χ3v) is 4.83. The summed E-state index contributed by atoms with van der Waals surface area (Å²) in [6.07, 6.45) is 0. The van der Waals surface area contributed by atoms with Gasteiger partial charge in [-0.1, -0.05) is 28.9 Å². The molecule has 0 saturated carbocycles. The van der Waals surface area contributed by atoms with Crippen molar-refractivity contribution in [2.24, 2.45) is 0 Å². The standard InChI is InChI=1S/C20H17ClN4O4/c1-28-16-5-3-2-4-15(16)25-11-10-24(19(26)20(25)27)12-17-22-18(23-29-17)13-6-8-14(21)9-7-13/h2-9H,10-12H2,1H3. The number of hydrogen-bond acceptors (Lipinski definition) is 6. The van der Waals surface area contributed by atoms with Crippen LogP contribution in [0.1, 0.15) is 5.89 Å². The molecule has 29 heavy (non-hydrogen) atoms. The van der Waals surface area contributed by atoms with E-state index in [1.807, 2.05) is 0 Å².